The predicted molar refractivity (Wildman–Crippen MR) is 93.4 cm³/mol. The molecule has 1 aliphatic rings. The maximum atomic E-state index is 12.5. The molecule has 0 radical (unpaired) electrons. The van der Waals surface area contributed by atoms with Gasteiger partial charge in [0.1, 0.15) is 0 Å². The molecule has 3 nitrogen and oxygen atoms in total. The van der Waals surface area contributed by atoms with Crippen molar-refractivity contribution < 1.29 is 4.79 Å². The van der Waals surface area contributed by atoms with Gasteiger partial charge in [-0.05, 0) is 30.5 Å². The molecule has 2 N–H and O–H groups in total. The molecule has 120 valence electrons. The Balaban J connectivity index is 1.72. The zero-order chi connectivity index (χ0) is 15.9. The second kappa shape index (κ2) is 7.93. The van der Waals surface area contributed by atoms with E-state index in [2.05, 4.69) is 34.9 Å². The molecule has 1 aliphatic heterocycles. The molecule has 0 aliphatic carbocycles. The molecule has 3 rings (SSSR count). The van der Waals surface area contributed by atoms with Crippen LogP contribution in [0.4, 0.5) is 0 Å². The Morgan fingerprint density at radius 1 is 1.04 bits per heavy atom. The molecular weight excluding hydrogens is 284 g/mol. The number of hydrogen-bond acceptors (Lipinski definition) is 2. The van der Waals surface area contributed by atoms with Gasteiger partial charge in [-0.25, -0.2) is 0 Å². The van der Waals surface area contributed by atoms with Crippen LogP contribution in [0.5, 0.6) is 0 Å². The van der Waals surface area contributed by atoms with E-state index < -0.39 is 0 Å². The summed E-state index contributed by atoms with van der Waals surface area (Å²) in [6, 6.07) is 20.9. The summed E-state index contributed by atoms with van der Waals surface area (Å²) in [7, 11) is 0. The fourth-order valence-electron chi connectivity index (χ4n) is 3.25. The molecule has 0 bridgehead atoms. The SMILES string of the molecule is O=C(CC(c1ccccc1)c1ccccc1)N[C@H]1CCCNC1. The van der Waals surface area contributed by atoms with Crippen LogP contribution in [0.15, 0.2) is 60.7 Å². The third-order valence-electron chi connectivity index (χ3n) is 4.46. The smallest absolute Gasteiger partial charge is 0.221 e. The van der Waals surface area contributed by atoms with Crippen LogP contribution in [0.2, 0.25) is 0 Å². The van der Waals surface area contributed by atoms with Crippen molar-refractivity contribution in [3.05, 3.63) is 71.8 Å². The van der Waals surface area contributed by atoms with Gasteiger partial charge in [0.05, 0.1) is 0 Å². The van der Waals surface area contributed by atoms with E-state index in [0.29, 0.717) is 6.42 Å². The van der Waals surface area contributed by atoms with Crippen molar-refractivity contribution in [1.29, 1.82) is 0 Å². The van der Waals surface area contributed by atoms with Crippen LogP contribution in [-0.4, -0.2) is 25.0 Å². The van der Waals surface area contributed by atoms with Crippen molar-refractivity contribution in [3.8, 4) is 0 Å². The minimum absolute atomic E-state index is 0.106. The van der Waals surface area contributed by atoms with Crippen LogP contribution in [-0.2, 0) is 4.79 Å². The number of carbonyl (C=O) groups is 1. The Kier molecular flexibility index (Phi) is 5.43. The zero-order valence-electron chi connectivity index (χ0n) is 13.4. The van der Waals surface area contributed by atoms with Gasteiger partial charge in [0.25, 0.3) is 0 Å². The molecule has 1 saturated heterocycles. The first-order valence-corrected chi connectivity index (χ1v) is 8.43. The topological polar surface area (TPSA) is 41.1 Å². The first kappa shape index (κ1) is 15.8. The summed E-state index contributed by atoms with van der Waals surface area (Å²) in [6.45, 7) is 1.94. The Hall–Kier alpha value is -2.13. The van der Waals surface area contributed by atoms with E-state index in [0.717, 1.165) is 25.9 Å². The average molecular weight is 308 g/mol. The summed E-state index contributed by atoms with van der Waals surface area (Å²) >= 11 is 0. The Morgan fingerprint density at radius 2 is 1.65 bits per heavy atom. The Labute approximate surface area is 138 Å². The molecule has 2 aromatic rings. The van der Waals surface area contributed by atoms with Crippen molar-refractivity contribution in [2.24, 2.45) is 0 Å². The van der Waals surface area contributed by atoms with Crippen LogP contribution in [0.25, 0.3) is 0 Å². The first-order valence-electron chi connectivity index (χ1n) is 8.43. The number of nitrogens with one attached hydrogen (secondary N) is 2. The Bertz CT molecular complexity index is 567. The van der Waals surface area contributed by atoms with Crippen molar-refractivity contribution in [2.75, 3.05) is 13.1 Å². The molecule has 23 heavy (non-hydrogen) atoms. The van der Waals surface area contributed by atoms with E-state index >= 15 is 0 Å². The van der Waals surface area contributed by atoms with Crippen molar-refractivity contribution in [2.45, 2.75) is 31.2 Å². The predicted octanol–water partition coefficient (Wildman–Crippen LogP) is 3.08. The lowest BCUT2D eigenvalue weighted by atomic mass is 9.88. The lowest BCUT2D eigenvalue weighted by Crippen LogP contribution is -2.45. The number of carbonyl (C=O) groups excluding carboxylic acids is 1. The van der Waals surface area contributed by atoms with E-state index in [4.69, 9.17) is 0 Å². The molecule has 1 atom stereocenters. The quantitative estimate of drug-likeness (QED) is 0.891. The van der Waals surface area contributed by atoms with Gasteiger partial charge in [-0.2, -0.15) is 0 Å². The van der Waals surface area contributed by atoms with Crippen LogP contribution in [0, 0.1) is 0 Å². The third kappa shape index (κ3) is 4.42. The molecule has 1 amide bonds. The van der Waals surface area contributed by atoms with E-state index in [1.54, 1.807) is 0 Å². The highest BCUT2D eigenvalue weighted by Crippen LogP contribution is 2.27. The molecular formula is C20H24N2O. The Morgan fingerprint density at radius 3 is 2.17 bits per heavy atom. The van der Waals surface area contributed by atoms with Crippen LogP contribution >= 0.6 is 0 Å². The van der Waals surface area contributed by atoms with Crippen LogP contribution in [0.1, 0.15) is 36.3 Å². The minimum atomic E-state index is 0.106. The number of benzene rings is 2. The van der Waals surface area contributed by atoms with Gasteiger partial charge < -0.3 is 10.6 Å². The summed E-state index contributed by atoms with van der Waals surface area (Å²) < 4.78 is 0. The second-order valence-corrected chi connectivity index (χ2v) is 6.19. The van der Waals surface area contributed by atoms with E-state index in [9.17, 15) is 4.79 Å². The molecule has 0 unspecified atom stereocenters. The van der Waals surface area contributed by atoms with E-state index in [1.165, 1.54) is 11.1 Å². The van der Waals surface area contributed by atoms with Gasteiger partial charge in [-0.3, -0.25) is 4.79 Å². The monoisotopic (exact) mass is 308 g/mol. The summed E-state index contributed by atoms with van der Waals surface area (Å²) in [5, 5.41) is 6.53. The van der Waals surface area contributed by atoms with Gasteiger partial charge in [0.15, 0.2) is 0 Å². The summed E-state index contributed by atoms with van der Waals surface area (Å²) in [4.78, 5) is 12.5. The zero-order valence-corrected chi connectivity index (χ0v) is 13.4. The van der Waals surface area contributed by atoms with Crippen LogP contribution in [0.3, 0.4) is 0 Å². The normalized spacial score (nSPS) is 17.9. The molecule has 3 heteroatoms. The van der Waals surface area contributed by atoms with E-state index in [1.807, 2.05) is 36.4 Å². The van der Waals surface area contributed by atoms with Gasteiger partial charge in [-0.15, -0.1) is 0 Å². The third-order valence-corrected chi connectivity index (χ3v) is 4.46. The van der Waals surface area contributed by atoms with Gasteiger partial charge in [0, 0.05) is 24.9 Å². The number of piperidine rings is 1. The molecule has 0 saturated carbocycles. The standard InChI is InChI=1S/C20H24N2O/c23-20(22-18-12-7-13-21-15-18)14-19(16-8-3-1-4-9-16)17-10-5-2-6-11-17/h1-6,8-11,18-19,21H,7,12-15H2,(H,22,23)/t18-/m0/s1. The van der Waals surface area contributed by atoms with Crippen molar-refractivity contribution in [1.82, 2.24) is 10.6 Å². The van der Waals surface area contributed by atoms with Gasteiger partial charge >= 0.3 is 0 Å². The number of hydrogen-bond donors (Lipinski definition) is 2. The lowest BCUT2D eigenvalue weighted by Gasteiger charge is -2.25. The van der Waals surface area contributed by atoms with Crippen molar-refractivity contribution in [3.63, 3.8) is 0 Å². The molecule has 0 spiro atoms. The maximum absolute atomic E-state index is 12.5. The first-order chi connectivity index (χ1) is 11.3. The summed E-state index contributed by atoms with van der Waals surface area (Å²) in [5.74, 6) is 0.241. The highest BCUT2D eigenvalue weighted by atomic mass is 16.1. The molecule has 2 aromatic carbocycles. The molecule has 0 aromatic heterocycles. The average Bonchev–Trinajstić information content (AvgIpc) is 2.62. The number of amides is 1. The summed E-state index contributed by atoms with van der Waals surface area (Å²) in [5.41, 5.74) is 2.38. The van der Waals surface area contributed by atoms with Crippen molar-refractivity contribution >= 4 is 5.91 Å². The maximum Gasteiger partial charge on any atom is 0.221 e. The highest BCUT2D eigenvalue weighted by molar-refractivity contribution is 5.78. The van der Waals surface area contributed by atoms with E-state index in [-0.39, 0.29) is 17.9 Å². The minimum Gasteiger partial charge on any atom is -0.352 e. The highest BCUT2D eigenvalue weighted by Gasteiger charge is 2.21. The lowest BCUT2D eigenvalue weighted by molar-refractivity contribution is -0.122. The fraction of sp³-hybridized carbons (Fsp3) is 0.350. The van der Waals surface area contributed by atoms with Crippen LogP contribution < -0.4 is 10.6 Å². The number of rotatable bonds is 5. The molecule has 1 heterocycles. The fourth-order valence-corrected chi connectivity index (χ4v) is 3.25. The second-order valence-electron chi connectivity index (χ2n) is 6.19. The largest absolute Gasteiger partial charge is 0.352 e. The van der Waals surface area contributed by atoms with Gasteiger partial charge in [0.2, 0.25) is 5.91 Å². The summed E-state index contributed by atoms with van der Waals surface area (Å²) in [6.07, 6.45) is 2.69. The molecule has 1 fully saturated rings. The van der Waals surface area contributed by atoms with Gasteiger partial charge in [-0.1, -0.05) is 60.7 Å².